The normalized spacial score (nSPS) is 20.3. The number of hydrogen-bond acceptors (Lipinski definition) is 3. The van der Waals surface area contributed by atoms with Gasteiger partial charge in [0.2, 0.25) is 0 Å². The molecule has 1 heterocycles. The molecule has 0 spiro atoms. The molecule has 1 fully saturated rings. The van der Waals surface area contributed by atoms with E-state index in [1.165, 1.54) is 12.1 Å². The highest BCUT2D eigenvalue weighted by Crippen LogP contribution is 2.12. The molecule has 1 aliphatic heterocycles. The number of halogens is 2. The highest BCUT2D eigenvalue weighted by atomic mass is 19.1. The van der Waals surface area contributed by atoms with E-state index in [0.29, 0.717) is 18.7 Å². The number of benzene rings is 1. The SMILES string of the molecule is CN(Cc1ccc(F)cc1F)CC1CNCCO1. The Hall–Kier alpha value is -1.04. The van der Waals surface area contributed by atoms with Gasteiger partial charge in [-0.2, -0.15) is 0 Å². The van der Waals surface area contributed by atoms with Crippen LogP contribution in [-0.2, 0) is 11.3 Å². The number of rotatable bonds is 4. The fourth-order valence-corrected chi connectivity index (χ4v) is 2.09. The van der Waals surface area contributed by atoms with E-state index >= 15 is 0 Å². The van der Waals surface area contributed by atoms with E-state index in [4.69, 9.17) is 4.74 Å². The Bertz CT molecular complexity index is 395. The van der Waals surface area contributed by atoms with Crippen LogP contribution in [-0.4, -0.2) is 44.3 Å². The van der Waals surface area contributed by atoms with Gasteiger partial charge in [-0.15, -0.1) is 0 Å². The van der Waals surface area contributed by atoms with E-state index in [2.05, 4.69) is 5.32 Å². The molecule has 0 aromatic heterocycles. The van der Waals surface area contributed by atoms with Crippen LogP contribution in [0.5, 0.6) is 0 Å². The highest BCUT2D eigenvalue weighted by Gasteiger charge is 2.16. The summed E-state index contributed by atoms with van der Waals surface area (Å²) in [6.07, 6.45) is 0.132. The third-order valence-corrected chi connectivity index (χ3v) is 2.98. The summed E-state index contributed by atoms with van der Waals surface area (Å²) in [5.41, 5.74) is 0.502. The Morgan fingerprint density at radius 3 is 2.94 bits per heavy atom. The van der Waals surface area contributed by atoms with Gasteiger partial charge in [0.15, 0.2) is 0 Å². The first kappa shape index (κ1) is 13.4. The molecule has 1 aliphatic rings. The van der Waals surface area contributed by atoms with Crippen LogP contribution in [0.1, 0.15) is 5.56 Å². The molecule has 0 bridgehead atoms. The van der Waals surface area contributed by atoms with Gasteiger partial charge in [0.25, 0.3) is 0 Å². The van der Waals surface area contributed by atoms with Crippen LogP contribution in [0.3, 0.4) is 0 Å². The third kappa shape index (κ3) is 3.73. The van der Waals surface area contributed by atoms with Crippen LogP contribution >= 0.6 is 0 Å². The molecular weight excluding hydrogens is 238 g/mol. The Kier molecular flexibility index (Phi) is 4.63. The first-order valence-electron chi connectivity index (χ1n) is 6.10. The van der Waals surface area contributed by atoms with E-state index in [-0.39, 0.29) is 6.10 Å². The average Bonchev–Trinajstić information content (AvgIpc) is 2.34. The summed E-state index contributed by atoms with van der Waals surface area (Å²) in [5.74, 6) is -1.04. The van der Waals surface area contributed by atoms with Crippen LogP contribution < -0.4 is 5.32 Å². The van der Waals surface area contributed by atoms with E-state index in [1.807, 2.05) is 11.9 Å². The number of morpholine rings is 1. The van der Waals surface area contributed by atoms with Crippen molar-refractivity contribution in [3.8, 4) is 0 Å². The molecule has 0 radical (unpaired) electrons. The molecule has 0 amide bonds. The Labute approximate surface area is 106 Å². The van der Waals surface area contributed by atoms with Gasteiger partial charge in [-0.05, 0) is 13.1 Å². The van der Waals surface area contributed by atoms with Gasteiger partial charge in [-0.3, -0.25) is 4.90 Å². The Balaban J connectivity index is 1.87. The molecule has 1 N–H and O–H groups in total. The van der Waals surface area contributed by atoms with Crippen LogP contribution in [0, 0.1) is 11.6 Å². The minimum absolute atomic E-state index is 0.132. The van der Waals surface area contributed by atoms with Gasteiger partial charge in [-0.1, -0.05) is 6.07 Å². The lowest BCUT2D eigenvalue weighted by Gasteiger charge is -2.28. The van der Waals surface area contributed by atoms with Gasteiger partial charge in [0.05, 0.1) is 12.7 Å². The minimum Gasteiger partial charge on any atom is -0.374 e. The van der Waals surface area contributed by atoms with Crippen LogP contribution in [0.4, 0.5) is 8.78 Å². The fraction of sp³-hybridized carbons (Fsp3) is 0.538. The van der Waals surface area contributed by atoms with Crippen LogP contribution in [0.25, 0.3) is 0 Å². The van der Waals surface area contributed by atoms with Gasteiger partial charge in [0, 0.05) is 37.8 Å². The molecule has 0 saturated carbocycles. The predicted octanol–water partition coefficient (Wildman–Crippen LogP) is 1.39. The van der Waals surface area contributed by atoms with Crippen LogP contribution in [0.15, 0.2) is 18.2 Å². The lowest BCUT2D eigenvalue weighted by atomic mass is 10.2. The third-order valence-electron chi connectivity index (χ3n) is 2.98. The van der Waals surface area contributed by atoms with Crippen molar-refractivity contribution in [2.45, 2.75) is 12.6 Å². The molecule has 1 aromatic rings. The summed E-state index contributed by atoms with van der Waals surface area (Å²) in [6.45, 7) is 3.59. The second-order valence-electron chi connectivity index (χ2n) is 4.63. The van der Waals surface area contributed by atoms with Crippen molar-refractivity contribution in [1.29, 1.82) is 0 Å². The van der Waals surface area contributed by atoms with E-state index in [1.54, 1.807) is 0 Å². The van der Waals surface area contributed by atoms with E-state index in [9.17, 15) is 8.78 Å². The lowest BCUT2D eigenvalue weighted by Crippen LogP contribution is -2.44. The summed E-state index contributed by atoms with van der Waals surface area (Å²) in [6, 6.07) is 3.69. The second-order valence-corrected chi connectivity index (χ2v) is 4.63. The van der Waals surface area contributed by atoms with Crippen molar-refractivity contribution >= 4 is 0 Å². The van der Waals surface area contributed by atoms with Gasteiger partial charge >= 0.3 is 0 Å². The number of ether oxygens (including phenoxy) is 1. The summed E-state index contributed by atoms with van der Waals surface area (Å²) in [7, 11) is 1.90. The standard InChI is InChI=1S/C13H18F2N2O/c1-17(9-12-7-16-4-5-18-12)8-10-2-3-11(14)6-13(10)15/h2-3,6,12,16H,4-5,7-9H2,1H3. The largest absolute Gasteiger partial charge is 0.374 e. The Morgan fingerprint density at radius 2 is 2.28 bits per heavy atom. The summed E-state index contributed by atoms with van der Waals surface area (Å²) >= 11 is 0. The topological polar surface area (TPSA) is 24.5 Å². The smallest absolute Gasteiger partial charge is 0.130 e. The number of hydrogen-bond donors (Lipinski definition) is 1. The maximum atomic E-state index is 13.5. The average molecular weight is 256 g/mol. The molecule has 1 aromatic carbocycles. The van der Waals surface area contributed by atoms with Gasteiger partial charge < -0.3 is 10.1 Å². The van der Waals surface area contributed by atoms with Crippen molar-refractivity contribution in [1.82, 2.24) is 10.2 Å². The molecule has 2 rings (SSSR count). The van der Waals surface area contributed by atoms with Crippen molar-refractivity contribution in [3.63, 3.8) is 0 Å². The van der Waals surface area contributed by atoms with E-state index in [0.717, 1.165) is 25.7 Å². The maximum Gasteiger partial charge on any atom is 0.130 e. The number of nitrogens with one attached hydrogen (secondary N) is 1. The molecule has 1 unspecified atom stereocenters. The second kappa shape index (κ2) is 6.22. The zero-order valence-electron chi connectivity index (χ0n) is 10.5. The highest BCUT2D eigenvalue weighted by molar-refractivity contribution is 5.18. The first-order valence-corrected chi connectivity index (χ1v) is 6.10. The lowest BCUT2D eigenvalue weighted by molar-refractivity contribution is 0.00870. The summed E-state index contributed by atoms with van der Waals surface area (Å²) in [5, 5.41) is 3.25. The number of likely N-dealkylation sites (N-methyl/N-ethyl adjacent to an activating group) is 1. The molecule has 18 heavy (non-hydrogen) atoms. The molecule has 100 valence electrons. The van der Waals surface area contributed by atoms with Crippen molar-refractivity contribution < 1.29 is 13.5 Å². The molecule has 0 aliphatic carbocycles. The summed E-state index contributed by atoms with van der Waals surface area (Å²) in [4.78, 5) is 1.98. The predicted molar refractivity (Wildman–Crippen MR) is 65.3 cm³/mol. The van der Waals surface area contributed by atoms with E-state index < -0.39 is 11.6 Å². The van der Waals surface area contributed by atoms with Gasteiger partial charge in [-0.25, -0.2) is 8.78 Å². The van der Waals surface area contributed by atoms with Crippen molar-refractivity contribution in [3.05, 3.63) is 35.4 Å². The molecule has 5 heteroatoms. The zero-order valence-corrected chi connectivity index (χ0v) is 10.5. The molecule has 3 nitrogen and oxygen atoms in total. The fourth-order valence-electron chi connectivity index (χ4n) is 2.09. The quantitative estimate of drug-likeness (QED) is 0.881. The number of nitrogens with zero attached hydrogens (tertiary/aromatic N) is 1. The molecule has 1 atom stereocenters. The monoisotopic (exact) mass is 256 g/mol. The Morgan fingerprint density at radius 1 is 1.44 bits per heavy atom. The van der Waals surface area contributed by atoms with Crippen molar-refractivity contribution in [2.75, 3.05) is 33.3 Å². The maximum absolute atomic E-state index is 13.5. The summed E-state index contributed by atoms with van der Waals surface area (Å²) < 4.78 is 31.8. The first-order chi connectivity index (χ1) is 8.65. The zero-order chi connectivity index (χ0) is 13.0. The van der Waals surface area contributed by atoms with Gasteiger partial charge in [0.1, 0.15) is 11.6 Å². The molecular formula is C13H18F2N2O. The van der Waals surface area contributed by atoms with Crippen LogP contribution in [0.2, 0.25) is 0 Å². The molecule has 1 saturated heterocycles. The minimum atomic E-state index is -0.543. The van der Waals surface area contributed by atoms with Crippen molar-refractivity contribution in [2.24, 2.45) is 0 Å².